The van der Waals surface area contributed by atoms with Gasteiger partial charge in [0.2, 0.25) is 6.10 Å². The van der Waals surface area contributed by atoms with Crippen LogP contribution in [0.5, 0.6) is 5.75 Å². The number of benzene rings is 2. The highest BCUT2D eigenvalue weighted by Crippen LogP contribution is 2.27. The standard InChI is InChI=1S/C20H22F2N2O2.ClH/c1-23-12-14-9-10-24(13-14)20(25)19(15-5-3-2-4-6-15)26-16-7-8-17(21)18(22)11-16;/h2-8,11,14,19,23H,9-10,12-13H2,1H3;1H. The number of hydrogen-bond acceptors (Lipinski definition) is 3. The quantitative estimate of drug-likeness (QED) is 0.811. The summed E-state index contributed by atoms with van der Waals surface area (Å²) >= 11 is 0. The van der Waals surface area contributed by atoms with Gasteiger partial charge in [-0.25, -0.2) is 8.78 Å². The third kappa shape index (κ3) is 5.17. The number of ether oxygens (including phenoxy) is 1. The SMILES string of the molecule is CNCC1CCN(C(=O)C(Oc2ccc(F)c(F)c2)c2ccccc2)C1.Cl. The summed E-state index contributed by atoms with van der Waals surface area (Å²) in [7, 11) is 1.89. The molecule has 1 N–H and O–H groups in total. The smallest absolute Gasteiger partial charge is 0.268 e. The Labute approximate surface area is 163 Å². The Hall–Kier alpha value is -2.18. The summed E-state index contributed by atoms with van der Waals surface area (Å²) in [5.74, 6) is -1.59. The maximum absolute atomic E-state index is 13.5. The fraction of sp³-hybridized carbons (Fsp3) is 0.350. The highest BCUT2D eigenvalue weighted by atomic mass is 35.5. The van der Waals surface area contributed by atoms with Gasteiger partial charge in [-0.15, -0.1) is 12.4 Å². The molecule has 27 heavy (non-hydrogen) atoms. The van der Waals surface area contributed by atoms with Crippen molar-refractivity contribution in [3.8, 4) is 5.75 Å². The summed E-state index contributed by atoms with van der Waals surface area (Å²) in [6, 6.07) is 12.4. The Morgan fingerprint density at radius 2 is 1.96 bits per heavy atom. The molecule has 146 valence electrons. The van der Waals surface area contributed by atoms with Gasteiger partial charge >= 0.3 is 0 Å². The van der Waals surface area contributed by atoms with E-state index in [0.717, 1.165) is 25.1 Å². The molecule has 0 bridgehead atoms. The molecule has 1 saturated heterocycles. The van der Waals surface area contributed by atoms with E-state index in [1.165, 1.54) is 6.07 Å². The maximum Gasteiger partial charge on any atom is 0.268 e. The van der Waals surface area contributed by atoms with Gasteiger partial charge in [0.05, 0.1) is 0 Å². The Balaban J connectivity index is 0.00000261. The molecular formula is C20H23ClF2N2O2. The van der Waals surface area contributed by atoms with Crippen molar-refractivity contribution in [1.82, 2.24) is 10.2 Å². The minimum Gasteiger partial charge on any atom is -0.476 e. The molecule has 1 amide bonds. The number of nitrogens with zero attached hydrogens (tertiary/aromatic N) is 1. The van der Waals surface area contributed by atoms with E-state index in [9.17, 15) is 13.6 Å². The number of carbonyl (C=O) groups excluding carboxylic acids is 1. The molecule has 0 radical (unpaired) electrons. The fourth-order valence-electron chi connectivity index (χ4n) is 3.23. The minimum absolute atomic E-state index is 0. The van der Waals surface area contributed by atoms with Crippen LogP contribution in [-0.2, 0) is 4.79 Å². The molecule has 2 aromatic rings. The molecule has 0 spiro atoms. The van der Waals surface area contributed by atoms with E-state index in [4.69, 9.17) is 4.74 Å². The number of carbonyl (C=O) groups is 1. The van der Waals surface area contributed by atoms with Crippen molar-refractivity contribution in [2.75, 3.05) is 26.7 Å². The largest absolute Gasteiger partial charge is 0.476 e. The lowest BCUT2D eigenvalue weighted by Crippen LogP contribution is -2.36. The molecule has 7 heteroatoms. The van der Waals surface area contributed by atoms with Gasteiger partial charge in [-0.1, -0.05) is 30.3 Å². The molecule has 1 aliphatic rings. The zero-order valence-corrected chi connectivity index (χ0v) is 15.8. The molecular weight excluding hydrogens is 374 g/mol. The molecule has 1 aliphatic heterocycles. The van der Waals surface area contributed by atoms with Gasteiger partial charge in [-0.2, -0.15) is 0 Å². The van der Waals surface area contributed by atoms with Gasteiger partial charge in [0.15, 0.2) is 11.6 Å². The van der Waals surface area contributed by atoms with Crippen LogP contribution in [0.3, 0.4) is 0 Å². The Bertz CT molecular complexity index is 761. The van der Waals surface area contributed by atoms with Crippen molar-refractivity contribution in [2.24, 2.45) is 5.92 Å². The van der Waals surface area contributed by atoms with E-state index < -0.39 is 17.7 Å². The lowest BCUT2D eigenvalue weighted by atomic mass is 10.1. The monoisotopic (exact) mass is 396 g/mol. The van der Waals surface area contributed by atoms with Crippen LogP contribution >= 0.6 is 12.4 Å². The van der Waals surface area contributed by atoms with Gasteiger partial charge in [-0.05, 0) is 38.1 Å². The van der Waals surface area contributed by atoms with E-state index in [2.05, 4.69) is 5.32 Å². The Kier molecular flexibility index (Phi) is 7.56. The van der Waals surface area contributed by atoms with E-state index in [-0.39, 0.29) is 24.1 Å². The van der Waals surface area contributed by atoms with Crippen molar-refractivity contribution < 1.29 is 18.3 Å². The van der Waals surface area contributed by atoms with Gasteiger partial charge in [0.1, 0.15) is 5.75 Å². The molecule has 0 saturated carbocycles. The highest BCUT2D eigenvalue weighted by molar-refractivity contribution is 5.85. The lowest BCUT2D eigenvalue weighted by molar-refractivity contribution is -0.138. The second-order valence-electron chi connectivity index (χ2n) is 6.48. The first-order valence-corrected chi connectivity index (χ1v) is 8.68. The van der Waals surface area contributed by atoms with Crippen LogP contribution < -0.4 is 10.1 Å². The number of rotatable bonds is 6. The highest BCUT2D eigenvalue weighted by Gasteiger charge is 2.33. The summed E-state index contributed by atoms with van der Waals surface area (Å²) in [5, 5.41) is 3.13. The first-order valence-electron chi connectivity index (χ1n) is 8.68. The van der Waals surface area contributed by atoms with E-state index in [0.29, 0.717) is 24.6 Å². The molecule has 0 aliphatic carbocycles. The minimum atomic E-state index is -1.00. The summed E-state index contributed by atoms with van der Waals surface area (Å²) in [4.78, 5) is 14.8. The second-order valence-corrected chi connectivity index (χ2v) is 6.48. The van der Waals surface area contributed by atoms with Gasteiger partial charge < -0.3 is 15.0 Å². The van der Waals surface area contributed by atoms with Crippen LogP contribution in [0.25, 0.3) is 0 Å². The molecule has 0 aromatic heterocycles. The third-order valence-corrected chi connectivity index (χ3v) is 4.56. The van der Waals surface area contributed by atoms with Crippen LogP contribution in [0.2, 0.25) is 0 Å². The molecule has 2 unspecified atom stereocenters. The number of halogens is 3. The number of nitrogens with one attached hydrogen (secondary N) is 1. The van der Waals surface area contributed by atoms with Crippen LogP contribution in [0.4, 0.5) is 8.78 Å². The molecule has 2 aromatic carbocycles. The van der Waals surface area contributed by atoms with Crippen molar-refractivity contribution >= 4 is 18.3 Å². The molecule has 1 fully saturated rings. The van der Waals surface area contributed by atoms with Gasteiger partial charge in [0.25, 0.3) is 5.91 Å². The molecule has 3 rings (SSSR count). The number of hydrogen-bond donors (Lipinski definition) is 1. The van der Waals surface area contributed by atoms with Crippen molar-refractivity contribution in [3.63, 3.8) is 0 Å². The van der Waals surface area contributed by atoms with Gasteiger partial charge in [0, 0.05) is 24.7 Å². The maximum atomic E-state index is 13.5. The van der Waals surface area contributed by atoms with Crippen molar-refractivity contribution in [1.29, 1.82) is 0 Å². The first-order chi connectivity index (χ1) is 12.6. The Morgan fingerprint density at radius 3 is 2.63 bits per heavy atom. The zero-order valence-electron chi connectivity index (χ0n) is 15.0. The Morgan fingerprint density at radius 1 is 1.22 bits per heavy atom. The number of likely N-dealkylation sites (tertiary alicyclic amines) is 1. The summed E-state index contributed by atoms with van der Waals surface area (Å²) in [6.07, 6.45) is 0.0358. The second kappa shape index (κ2) is 9.67. The van der Waals surface area contributed by atoms with Crippen LogP contribution in [0.1, 0.15) is 18.1 Å². The first kappa shape index (κ1) is 21.1. The van der Waals surface area contributed by atoms with Gasteiger partial charge in [-0.3, -0.25) is 4.79 Å². The summed E-state index contributed by atoms with van der Waals surface area (Å²) in [5.41, 5.74) is 0.680. The zero-order chi connectivity index (χ0) is 18.5. The molecule has 2 atom stereocenters. The normalized spacial score (nSPS) is 17.3. The third-order valence-electron chi connectivity index (χ3n) is 4.56. The van der Waals surface area contributed by atoms with Crippen LogP contribution in [0, 0.1) is 17.6 Å². The van der Waals surface area contributed by atoms with E-state index in [1.54, 1.807) is 17.0 Å². The molecule has 1 heterocycles. The van der Waals surface area contributed by atoms with Crippen molar-refractivity contribution in [3.05, 3.63) is 65.7 Å². The fourth-order valence-corrected chi connectivity index (χ4v) is 3.23. The predicted molar refractivity (Wildman–Crippen MR) is 102 cm³/mol. The predicted octanol–water partition coefficient (Wildman–Crippen LogP) is 3.57. The molecule has 4 nitrogen and oxygen atoms in total. The van der Waals surface area contributed by atoms with E-state index >= 15 is 0 Å². The lowest BCUT2D eigenvalue weighted by Gasteiger charge is -2.25. The number of amides is 1. The topological polar surface area (TPSA) is 41.6 Å². The average Bonchev–Trinajstić information content (AvgIpc) is 3.12. The van der Waals surface area contributed by atoms with Crippen LogP contribution in [-0.4, -0.2) is 37.5 Å². The average molecular weight is 397 g/mol. The van der Waals surface area contributed by atoms with Crippen LogP contribution in [0.15, 0.2) is 48.5 Å². The van der Waals surface area contributed by atoms with E-state index in [1.807, 2.05) is 25.2 Å². The summed E-state index contributed by atoms with van der Waals surface area (Å²) in [6.45, 7) is 2.17. The summed E-state index contributed by atoms with van der Waals surface area (Å²) < 4.78 is 32.5. The van der Waals surface area contributed by atoms with Crippen molar-refractivity contribution in [2.45, 2.75) is 12.5 Å².